The molecule has 0 saturated heterocycles. The molecule has 0 aliphatic carbocycles. The van der Waals surface area contributed by atoms with E-state index in [1.165, 1.54) is 5.56 Å². The molecule has 6 rings (SSSR count). The van der Waals surface area contributed by atoms with Gasteiger partial charge in [0.1, 0.15) is 5.54 Å². The highest BCUT2D eigenvalue weighted by molar-refractivity contribution is 9.08. The highest BCUT2D eigenvalue weighted by atomic mass is 79.9. The Balaban J connectivity index is 1.64. The lowest BCUT2D eigenvalue weighted by atomic mass is 9.77. The number of aromatic nitrogens is 4. The monoisotopic (exact) mass is 562 g/mol. The molecule has 6 heteroatoms. The van der Waals surface area contributed by atoms with Gasteiger partial charge in [0.05, 0.1) is 4.88 Å². The molecule has 0 bridgehead atoms. The second-order valence-corrected chi connectivity index (χ2v) is 10.2. The van der Waals surface area contributed by atoms with Crippen LogP contribution >= 0.6 is 27.3 Å². The first-order chi connectivity index (χ1) is 18.3. The summed E-state index contributed by atoms with van der Waals surface area (Å²) in [5.74, 6) is 0.728. The topological polar surface area (TPSA) is 43.6 Å². The number of hydrogen-bond acceptors (Lipinski definition) is 4. The molecule has 2 heterocycles. The van der Waals surface area contributed by atoms with Crippen molar-refractivity contribution in [2.24, 2.45) is 0 Å². The maximum atomic E-state index is 4.69. The molecular weight excluding hydrogens is 540 g/mol. The Bertz CT molecular complexity index is 1500. The predicted molar refractivity (Wildman–Crippen MR) is 154 cm³/mol. The molecule has 0 fully saturated rings. The summed E-state index contributed by atoms with van der Waals surface area (Å²) in [7, 11) is 0. The van der Waals surface area contributed by atoms with Crippen molar-refractivity contribution in [1.29, 1.82) is 0 Å². The molecule has 0 amide bonds. The summed E-state index contributed by atoms with van der Waals surface area (Å²) in [6, 6.07) is 42.2. The number of tetrazole rings is 1. The van der Waals surface area contributed by atoms with Crippen LogP contribution in [-0.4, -0.2) is 20.2 Å². The summed E-state index contributed by atoms with van der Waals surface area (Å²) in [6.07, 6.45) is 0. The third kappa shape index (κ3) is 4.12. The zero-order chi connectivity index (χ0) is 25.1. The van der Waals surface area contributed by atoms with Crippen LogP contribution in [0, 0.1) is 0 Å². The third-order valence-electron chi connectivity index (χ3n) is 6.65. The van der Waals surface area contributed by atoms with E-state index in [2.05, 4.69) is 135 Å². The standard InChI is InChI=1S/C31H23BrN4S/c32-22-23-16-18-24(19-17-23)28-20-21-37-29(28)30-33-34-35-36(30)31(25-10-4-1-5-11-25,26-12-6-2-7-13-26)27-14-8-3-9-15-27/h1-21H,22H2. The van der Waals surface area contributed by atoms with Gasteiger partial charge in [0.15, 0.2) is 5.82 Å². The Morgan fingerprint density at radius 1 is 0.676 bits per heavy atom. The Labute approximate surface area is 228 Å². The molecule has 180 valence electrons. The van der Waals surface area contributed by atoms with Gasteiger partial charge < -0.3 is 0 Å². The van der Waals surface area contributed by atoms with Crippen molar-refractivity contribution in [3.05, 3.63) is 149 Å². The second kappa shape index (κ2) is 10.2. The highest BCUT2D eigenvalue weighted by Crippen LogP contribution is 2.44. The van der Waals surface area contributed by atoms with Crippen LogP contribution in [0.2, 0.25) is 0 Å². The largest absolute Gasteiger partial charge is 0.205 e. The fourth-order valence-corrected chi connectivity index (χ4v) is 6.20. The van der Waals surface area contributed by atoms with Crippen molar-refractivity contribution >= 4 is 27.3 Å². The Morgan fingerprint density at radius 2 is 1.22 bits per heavy atom. The fraction of sp³-hybridized carbons (Fsp3) is 0.0645. The Hall–Kier alpha value is -3.87. The van der Waals surface area contributed by atoms with Crippen molar-refractivity contribution in [2.75, 3.05) is 0 Å². The minimum atomic E-state index is -0.774. The number of hydrogen-bond donors (Lipinski definition) is 0. The molecule has 0 unspecified atom stereocenters. The van der Waals surface area contributed by atoms with Gasteiger partial charge in [-0.25, -0.2) is 4.68 Å². The van der Waals surface area contributed by atoms with E-state index in [9.17, 15) is 0 Å². The molecule has 0 spiro atoms. The maximum Gasteiger partial charge on any atom is 0.194 e. The van der Waals surface area contributed by atoms with E-state index in [0.717, 1.165) is 43.8 Å². The average Bonchev–Trinajstić information content (AvgIpc) is 3.66. The average molecular weight is 564 g/mol. The van der Waals surface area contributed by atoms with Crippen LogP contribution in [0.25, 0.3) is 21.8 Å². The first-order valence-electron chi connectivity index (χ1n) is 12.0. The zero-order valence-electron chi connectivity index (χ0n) is 19.9. The summed E-state index contributed by atoms with van der Waals surface area (Å²) >= 11 is 5.20. The highest BCUT2D eigenvalue weighted by Gasteiger charge is 2.42. The van der Waals surface area contributed by atoms with Crippen molar-refractivity contribution in [3.63, 3.8) is 0 Å². The van der Waals surface area contributed by atoms with E-state index in [1.807, 2.05) is 22.9 Å². The Morgan fingerprint density at radius 3 is 1.73 bits per heavy atom. The molecule has 4 aromatic carbocycles. The van der Waals surface area contributed by atoms with Gasteiger partial charge in [-0.3, -0.25) is 0 Å². The number of benzene rings is 4. The van der Waals surface area contributed by atoms with Gasteiger partial charge in [-0.05, 0) is 49.7 Å². The van der Waals surface area contributed by atoms with Crippen molar-refractivity contribution in [1.82, 2.24) is 20.2 Å². The zero-order valence-corrected chi connectivity index (χ0v) is 22.3. The SMILES string of the molecule is BrCc1ccc(-c2ccsc2-c2nnnn2C(c2ccccc2)(c2ccccc2)c2ccccc2)cc1. The molecule has 2 aromatic heterocycles. The lowest BCUT2D eigenvalue weighted by Crippen LogP contribution is -2.39. The van der Waals surface area contributed by atoms with Crippen LogP contribution in [0.1, 0.15) is 22.3 Å². The number of halogens is 1. The molecule has 0 radical (unpaired) electrons. The Kier molecular flexibility index (Phi) is 6.51. The van der Waals surface area contributed by atoms with Gasteiger partial charge >= 0.3 is 0 Å². The third-order valence-corrected chi connectivity index (χ3v) is 8.21. The minimum Gasteiger partial charge on any atom is -0.205 e. The van der Waals surface area contributed by atoms with Crippen LogP contribution < -0.4 is 0 Å². The van der Waals surface area contributed by atoms with Crippen LogP contribution in [0.4, 0.5) is 0 Å². The van der Waals surface area contributed by atoms with Crippen LogP contribution in [0.3, 0.4) is 0 Å². The van der Waals surface area contributed by atoms with Gasteiger partial charge in [0.2, 0.25) is 0 Å². The molecule has 0 N–H and O–H groups in total. The molecule has 0 atom stereocenters. The first kappa shape index (κ1) is 23.5. The van der Waals surface area contributed by atoms with Crippen LogP contribution in [0.5, 0.6) is 0 Å². The molecular formula is C31H23BrN4S. The minimum absolute atomic E-state index is 0.728. The van der Waals surface area contributed by atoms with Gasteiger partial charge in [-0.15, -0.1) is 16.4 Å². The fourth-order valence-electron chi connectivity index (χ4n) is 4.94. The number of rotatable bonds is 7. The second-order valence-electron chi connectivity index (χ2n) is 8.72. The van der Waals surface area contributed by atoms with E-state index in [0.29, 0.717) is 0 Å². The number of alkyl halides is 1. The molecule has 0 aliphatic heterocycles. The summed E-state index contributed by atoms with van der Waals surface area (Å²) in [5.41, 5.74) is 5.97. The van der Waals surface area contributed by atoms with Gasteiger partial charge in [0.25, 0.3) is 0 Å². The summed E-state index contributed by atoms with van der Waals surface area (Å²) in [6.45, 7) is 0. The molecule has 6 aromatic rings. The first-order valence-corrected chi connectivity index (χ1v) is 14.0. The summed E-state index contributed by atoms with van der Waals surface area (Å²) < 4.78 is 2.00. The van der Waals surface area contributed by atoms with Gasteiger partial charge in [-0.2, -0.15) is 0 Å². The van der Waals surface area contributed by atoms with Crippen molar-refractivity contribution < 1.29 is 0 Å². The van der Waals surface area contributed by atoms with Crippen molar-refractivity contribution in [2.45, 2.75) is 10.9 Å². The molecule has 0 saturated carbocycles. The molecule has 0 aliphatic rings. The smallest absolute Gasteiger partial charge is 0.194 e. The maximum absolute atomic E-state index is 4.69. The summed E-state index contributed by atoms with van der Waals surface area (Å²) in [4.78, 5) is 1.03. The van der Waals surface area contributed by atoms with E-state index < -0.39 is 5.54 Å². The number of thiophene rings is 1. The van der Waals surface area contributed by atoms with Gasteiger partial charge in [0, 0.05) is 10.9 Å². The van der Waals surface area contributed by atoms with Crippen molar-refractivity contribution in [3.8, 4) is 21.8 Å². The molecule has 4 nitrogen and oxygen atoms in total. The van der Waals surface area contributed by atoms with Gasteiger partial charge in [-0.1, -0.05) is 131 Å². The lowest BCUT2D eigenvalue weighted by Gasteiger charge is -2.36. The van der Waals surface area contributed by atoms with E-state index in [4.69, 9.17) is 5.21 Å². The molecule has 37 heavy (non-hydrogen) atoms. The lowest BCUT2D eigenvalue weighted by molar-refractivity contribution is 0.451. The quantitative estimate of drug-likeness (QED) is 0.147. The van der Waals surface area contributed by atoms with E-state index >= 15 is 0 Å². The normalized spacial score (nSPS) is 11.5. The number of nitrogens with zero attached hydrogens (tertiary/aromatic N) is 4. The predicted octanol–water partition coefficient (Wildman–Crippen LogP) is 7.80. The summed E-state index contributed by atoms with van der Waals surface area (Å²) in [5, 5.41) is 16.5. The van der Waals surface area contributed by atoms with Crippen LogP contribution in [0.15, 0.2) is 127 Å². The van der Waals surface area contributed by atoms with E-state index in [-0.39, 0.29) is 0 Å². The van der Waals surface area contributed by atoms with Crippen LogP contribution in [-0.2, 0) is 10.9 Å². The van der Waals surface area contributed by atoms with E-state index in [1.54, 1.807) is 11.3 Å².